The molecule has 4 aromatic carbocycles. The summed E-state index contributed by atoms with van der Waals surface area (Å²) in [4.78, 5) is 4.35. The molecule has 0 bridgehead atoms. The Morgan fingerprint density at radius 1 is 0.513 bits per heavy atom. The van der Waals surface area contributed by atoms with Crippen molar-refractivity contribution in [1.29, 1.82) is 0 Å². The fourth-order valence-corrected chi connectivity index (χ4v) is 5.76. The fraction of sp³-hybridized carbons (Fsp3) is 0. The number of fused-ring (bicyclic) bond motifs is 6. The van der Waals surface area contributed by atoms with E-state index in [0.29, 0.717) is 0 Å². The van der Waals surface area contributed by atoms with Crippen LogP contribution in [0.15, 0.2) is 134 Å². The topological polar surface area (TPSA) is 32.0 Å². The molecule has 0 unspecified atom stereocenters. The number of para-hydroxylation sites is 2. The molecule has 8 rings (SSSR count). The van der Waals surface area contributed by atoms with Crippen LogP contribution >= 0.6 is 0 Å². The maximum atomic E-state index is 6.24. The molecule has 39 heavy (non-hydrogen) atoms. The van der Waals surface area contributed by atoms with E-state index in [1.54, 1.807) is 0 Å². The Morgan fingerprint density at radius 2 is 1.05 bits per heavy atom. The summed E-state index contributed by atoms with van der Waals surface area (Å²) in [6.45, 7) is 2.10. The van der Waals surface area contributed by atoms with Crippen molar-refractivity contribution in [2.45, 2.75) is 0 Å². The number of hydrogen-bond acceptors (Lipinski definition) is 2. The minimum atomic E-state index is 0.797. The van der Waals surface area contributed by atoms with Gasteiger partial charge >= 0.3 is 146 Å². The fourth-order valence-electron chi connectivity index (χ4n) is 5.76. The number of hydrogen-bond donors (Lipinski definition) is 0. The summed E-state index contributed by atoms with van der Waals surface area (Å²) in [5, 5.41) is 4.86. The summed E-state index contributed by atoms with van der Waals surface area (Å²) in [6, 6.07) is 37.8. The quantitative estimate of drug-likeness (QED) is 0.244. The van der Waals surface area contributed by atoms with Crippen molar-refractivity contribution in [2.24, 2.45) is 0 Å². The maximum absolute atomic E-state index is 6.24. The zero-order chi connectivity index (χ0) is 25.8. The Hall–Kier alpha value is -5.16. The van der Waals surface area contributed by atoms with Crippen LogP contribution < -0.4 is 4.74 Å². The van der Waals surface area contributed by atoms with E-state index in [0.717, 1.165) is 39.3 Å². The van der Waals surface area contributed by atoms with Gasteiger partial charge in [0.05, 0.1) is 11.0 Å². The zero-order valence-electron chi connectivity index (χ0n) is 21.0. The molecule has 0 aliphatic heterocycles. The molecule has 0 aliphatic carbocycles. The van der Waals surface area contributed by atoms with E-state index < -0.39 is 0 Å². The van der Waals surface area contributed by atoms with E-state index in [1.807, 2.05) is 36.7 Å². The second kappa shape index (κ2) is 8.71. The molecule has 0 saturated carbocycles. The molecular formula is C34H22BN3O. The Balaban J connectivity index is 1.12. The van der Waals surface area contributed by atoms with Crippen molar-refractivity contribution < 1.29 is 4.74 Å². The second-order valence-corrected chi connectivity index (χ2v) is 9.70. The van der Waals surface area contributed by atoms with Gasteiger partial charge in [-0.3, -0.25) is 4.98 Å². The minimum absolute atomic E-state index is 0.797. The number of ether oxygens (including phenoxy) is 1. The van der Waals surface area contributed by atoms with Crippen LogP contribution in [0.1, 0.15) is 0 Å². The third kappa shape index (κ3) is 3.47. The molecule has 4 nitrogen and oxygen atoms in total. The van der Waals surface area contributed by atoms with Crippen molar-refractivity contribution in [2.75, 3.05) is 0 Å². The summed E-state index contributed by atoms with van der Waals surface area (Å²) in [6.07, 6.45) is 3.78. The standard InChI is InChI=1S/C34H22BN3O/c1-3-7-31-27(5-1)29-21-35-19-17-33(29)37(31)23-9-13-25(14-10-23)39-26-15-11-24(12-16-26)38-32-8-4-2-6-28(32)30-22-36-20-18-34(30)38/h1-22H. The first kappa shape index (κ1) is 21.9. The van der Waals surface area contributed by atoms with Gasteiger partial charge in [0, 0.05) is 28.9 Å². The van der Waals surface area contributed by atoms with Gasteiger partial charge in [-0.05, 0) is 12.1 Å². The number of benzene rings is 4. The predicted molar refractivity (Wildman–Crippen MR) is 161 cm³/mol. The predicted octanol–water partition coefficient (Wildman–Crippen LogP) is 8.41. The summed E-state index contributed by atoms with van der Waals surface area (Å²) in [5.41, 5.74) is 6.89. The van der Waals surface area contributed by atoms with Crippen molar-refractivity contribution >= 4 is 50.5 Å². The molecule has 4 aromatic heterocycles. The number of rotatable bonds is 4. The average Bonchev–Trinajstić information content (AvgIpc) is 3.51. The van der Waals surface area contributed by atoms with Gasteiger partial charge in [0.25, 0.3) is 0 Å². The second-order valence-electron chi connectivity index (χ2n) is 9.70. The van der Waals surface area contributed by atoms with E-state index in [2.05, 4.69) is 118 Å². The van der Waals surface area contributed by atoms with Crippen LogP contribution in [-0.2, 0) is 0 Å². The van der Waals surface area contributed by atoms with Gasteiger partial charge in [0.2, 0.25) is 0 Å². The van der Waals surface area contributed by atoms with Gasteiger partial charge in [0.1, 0.15) is 0 Å². The van der Waals surface area contributed by atoms with E-state index >= 15 is 0 Å². The Labute approximate surface area is 225 Å². The van der Waals surface area contributed by atoms with Crippen LogP contribution in [-0.4, -0.2) is 21.0 Å². The van der Waals surface area contributed by atoms with Crippen molar-refractivity contribution in [3.05, 3.63) is 134 Å². The van der Waals surface area contributed by atoms with Gasteiger partial charge in [-0.2, -0.15) is 0 Å². The zero-order valence-corrected chi connectivity index (χ0v) is 21.0. The summed E-state index contributed by atoms with van der Waals surface area (Å²) >= 11 is 0. The molecule has 0 spiro atoms. The molecule has 5 heteroatoms. The molecule has 0 N–H and O–H groups in total. The first-order chi connectivity index (χ1) is 19.3. The van der Waals surface area contributed by atoms with Crippen molar-refractivity contribution in [3.63, 3.8) is 0 Å². The van der Waals surface area contributed by atoms with Crippen LogP contribution in [0.3, 0.4) is 0 Å². The Morgan fingerprint density at radius 3 is 1.69 bits per heavy atom. The summed E-state index contributed by atoms with van der Waals surface area (Å²) in [7, 11) is 0. The van der Waals surface area contributed by atoms with E-state index in [4.69, 9.17) is 4.74 Å². The third-order valence-corrected chi connectivity index (χ3v) is 7.48. The molecule has 0 fully saturated rings. The molecule has 4 heterocycles. The van der Waals surface area contributed by atoms with E-state index in [9.17, 15) is 0 Å². The number of nitrogens with zero attached hydrogens (tertiary/aromatic N) is 3. The summed E-state index contributed by atoms with van der Waals surface area (Å²) in [5.74, 6) is 5.88. The molecule has 8 aromatic rings. The van der Waals surface area contributed by atoms with Crippen molar-refractivity contribution in [3.8, 4) is 22.9 Å². The average molecular weight is 499 g/mol. The van der Waals surface area contributed by atoms with Crippen LogP contribution in [0, 0.1) is 0 Å². The molecule has 0 radical (unpaired) electrons. The van der Waals surface area contributed by atoms with E-state index in [1.165, 1.54) is 27.2 Å². The monoisotopic (exact) mass is 499 g/mol. The molecular weight excluding hydrogens is 477 g/mol. The first-order valence-corrected chi connectivity index (χ1v) is 13.1. The molecule has 0 amide bonds. The van der Waals surface area contributed by atoms with Gasteiger partial charge < -0.3 is 4.57 Å². The Bertz CT molecular complexity index is 1880. The van der Waals surface area contributed by atoms with Gasteiger partial charge in [0.15, 0.2) is 0 Å². The summed E-state index contributed by atoms with van der Waals surface area (Å²) < 4.78 is 10.8. The van der Waals surface area contributed by atoms with Crippen LogP contribution in [0.25, 0.3) is 55.0 Å². The molecule has 0 aliphatic rings. The van der Waals surface area contributed by atoms with Crippen LogP contribution in [0.4, 0.5) is 0 Å². The van der Waals surface area contributed by atoms with Crippen molar-refractivity contribution in [1.82, 2.24) is 14.1 Å². The molecule has 182 valence electrons. The SMILES string of the molecule is b1ccc2c(c1)c1ccccc1n2-c1ccc(Oc2ccc(-n3c4ccccc4c4cnccc43)cc2)cc1. The number of pyridine rings is 1. The van der Waals surface area contributed by atoms with Crippen LogP contribution in [0.2, 0.25) is 0 Å². The van der Waals surface area contributed by atoms with Crippen LogP contribution in [0.5, 0.6) is 11.5 Å². The van der Waals surface area contributed by atoms with Gasteiger partial charge in [-0.1, -0.05) is 18.2 Å². The van der Waals surface area contributed by atoms with E-state index in [-0.39, 0.29) is 0 Å². The normalized spacial score (nSPS) is 11.5. The number of aromatic nitrogens is 3. The third-order valence-electron chi connectivity index (χ3n) is 7.48. The molecule has 0 atom stereocenters. The molecule has 0 saturated heterocycles. The Kier molecular flexibility index (Phi) is 4.89. The van der Waals surface area contributed by atoms with Gasteiger partial charge in [-0.25, -0.2) is 0 Å². The van der Waals surface area contributed by atoms with Gasteiger partial charge in [-0.15, -0.1) is 0 Å². The first-order valence-electron chi connectivity index (χ1n) is 13.1.